The Balaban J connectivity index is 2.03. The zero-order valence-corrected chi connectivity index (χ0v) is 13.6. The van der Waals surface area contributed by atoms with Gasteiger partial charge in [0.1, 0.15) is 5.75 Å². The Morgan fingerprint density at radius 1 is 1.08 bits per heavy atom. The van der Waals surface area contributed by atoms with Gasteiger partial charge in [-0.3, -0.25) is 4.79 Å². The highest BCUT2D eigenvalue weighted by atomic mass is 16.5. The van der Waals surface area contributed by atoms with Crippen molar-refractivity contribution in [3.63, 3.8) is 0 Å². The average Bonchev–Trinajstić information content (AvgIpc) is 3.15. The Labute approximate surface area is 144 Å². The molecule has 0 radical (unpaired) electrons. The Bertz CT molecular complexity index is 1170. The topological polar surface area (TPSA) is 54.5 Å². The van der Waals surface area contributed by atoms with Gasteiger partial charge in [-0.25, -0.2) is 0 Å². The second-order valence-corrected chi connectivity index (χ2v) is 5.77. The van der Waals surface area contributed by atoms with Crippen molar-refractivity contribution in [2.45, 2.75) is 0 Å². The van der Waals surface area contributed by atoms with E-state index in [2.05, 4.69) is 6.07 Å². The van der Waals surface area contributed by atoms with E-state index in [4.69, 9.17) is 4.74 Å². The molecule has 2 heterocycles. The lowest BCUT2D eigenvalue weighted by molar-refractivity contribution is 0.103. The van der Waals surface area contributed by atoms with Crippen LogP contribution in [0.2, 0.25) is 0 Å². The van der Waals surface area contributed by atoms with Crippen LogP contribution < -0.4 is 4.74 Å². The first-order valence-corrected chi connectivity index (χ1v) is 7.84. The number of carbonyl (C=O) groups is 1. The van der Waals surface area contributed by atoms with Crippen LogP contribution in [0, 0.1) is 11.3 Å². The van der Waals surface area contributed by atoms with Crippen LogP contribution in [0.4, 0.5) is 0 Å². The molecule has 2 aromatic carbocycles. The normalized spacial score (nSPS) is 10.7. The Morgan fingerprint density at radius 2 is 1.96 bits per heavy atom. The van der Waals surface area contributed by atoms with E-state index in [-0.39, 0.29) is 5.78 Å². The third-order valence-corrected chi connectivity index (χ3v) is 4.30. The molecule has 0 fully saturated rings. The number of hydrogen-bond acceptors (Lipinski definition) is 3. The van der Waals surface area contributed by atoms with Crippen LogP contribution in [0.15, 0.2) is 66.9 Å². The third kappa shape index (κ3) is 2.43. The molecule has 0 aliphatic heterocycles. The van der Waals surface area contributed by atoms with Crippen molar-refractivity contribution in [3.05, 3.63) is 83.6 Å². The molecule has 0 atom stereocenters. The molecule has 4 nitrogen and oxygen atoms in total. The van der Waals surface area contributed by atoms with E-state index in [0.717, 1.165) is 16.4 Å². The molecular weight excluding hydrogens is 312 g/mol. The van der Waals surface area contributed by atoms with Gasteiger partial charge in [0.15, 0.2) is 5.78 Å². The number of aromatic nitrogens is 1. The molecule has 0 saturated carbocycles. The summed E-state index contributed by atoms with van der Waals surface area (Å²) in [5.41, 5.74) is 3.29. The van der Waals surface area contributed by atoms with E-state index in [9.17, 15) is 10.1 Å². The monoisotopic (exact) mass is 326 g/mol. The summed E-state index contributed by atoms with van der Waals surface area (Å²) < 4.78 is 7.20. The minimum atomic E-state index is -0.137. The van der Waals surface area contributed by atoms with Crippen molar-refractivity contribution in [2.75, 3.05) is 7.11 Å². The molecule has 0 amide bonds. The summed E-state index contributed by atoms with van der Waals surface area (Å²) in [4.78, 5) is 13.2. The molecule has 0 N–H and O–H groups in total. The summed E-state index contributed by atoms with van der Waals surface area (Å²) in [7, 11) is 1.57. The number of carbonyl (C=O) groups excluding carboxylic acids is 1. The molecule has 4 rings (SSSR count). The summed E-state index contributed by atoms with van der Waals surface area (Å²) in [6.45, 7) is 0. The number of benzene rings is 2. The fourth-order valence-corrected chi connectivity index (χ4v) is 3.12. The molecule has 0 bridgehead atoms. The maximum absolute atomic E-state index is 13.2. The number of pyridine rings is 1. The van der Waals surface area contributed by atoms with Crippen LogP contribution in [0.1, 0.15) is 21.5 Å². The first kappa shape index (κ1) is 15.0. The first-order valence-electron chi connectivity index (χ1n) is 7.84. The number of hydrogen-bond donors (Lipinski definition) is 0. The van der Waals surface area contributed by atoms with Crippen molar-refractivity contribution in [2.24, 2.45) is 0 Å². The molecule has 0 saturated heterocycles. The number of methoxy groups -OCH3 is 1. The zero-order chi connectivity index (χ0) is 17.4. The lowest BCUT2D eigenvalue weighted by atomic mass is 9.97. The smallest absolute Gasteiger partial charge is 0.195 e. The van der Waals surface area contributed by atoms with Gasteiger partial charge in [-0.2, -0.15) is 5.26 Å². The number of rotatable bonds is 3. The summed E-state index contributed by atoms with van der Waals surface area (Å²) in [5.74, 6) is 0.486. The van der Waals surface area contributed by atoms with E-state index in [1.807, 2.05) is 34.9 Å². The van der Waals surface area contributed by atoms with Gasteiger partial charge in [-0.1, -0.05) is 18.2 Å². The van der Waals surface area contributed by atoms with Crippen molar-refractivity contribution in [1.82, 2.24) is 4.40 Å². The Kier molecular flexibility index (Phi) is 3.48. The largest absolute Gasteiger partial charge is 0.497 e. The van der Waals surface area contributed by atoms with E-state index < -0.39 is 0 Å². The van der Waals surface area contributed by atoms with Crippen LogP contribution in [0.5, 0.6) is 5.75 Å². The van der Waals surface area contributed by atoms with Gasteiger partial charge in [-0.05, 0) is 42.5 Å². The van der Waals surface area contributed by atoms with Gasteiger partial charge in [0, 0.05) is 28.2 Å². The summed E-state index contributed by atoms with van der Waals surface area (Å²) in [6.07, 6.45) is 1.92. The minimum absolute atomic E-state index is 0.137. The second kappa shape index (κ2) is 5.81. The molecular formula is C21H14N2O2. The van der Waals surface area contributed by atoms with Crippen LogP contribution in [-0.2, 0) is 0 Å². The molecule has 25 heavy (non-hydrogen) atoms. The van der Waals surface area contributed by atoms with Crippen LogP contribution in [-0.4, -0.2) is 17.3 Å². The number of ether oxygens (including phenoxy) is 1. The number of nitrogens with zero attached hydrogens (tertiary/aromatic N) is 2. The molecule has 0 aliphatic carbocycles. The van der Waals surface area contributed by atoms with Crippen LogP contribution >= 0.6 is 0 Å². The first-order chi connectivity index (χ1) is 12.2. The highest BCUT2D eigenvalue weighted by molar-refractivity contribution is 6.16. The maximum Gasteiger partial charge on any atom is 0.195 e. The van der Waals surface area contributed by atoms with E-state index >= 15 is 0 Å². The van der Waals surface area contributed by atoms with Gasteiger partial charge in [0.05, 0.1) is 24.3 Å². The Morgan fingerprint density at radius 3 is 2.76 bits per heavy atom. The molecule has 4 heteroatoms. The van der Waals surface area contributed by atoms with Crippen molar-refractivity contribution >= 4 is 22.2 Å². The standard InChI is InChI=1S/C21H14N2O2/c1-25-18-6-2-4-16(12-18)21(24)19-11-14(13-22)10-15-7-8-17-5-3-9-23(17)20(15)19/h2-12H,1H3. The second-order valence-electron chi connectivity index (χ2n) is 5.77. The fourth-order valence-electron chi connectivity index (χ4n) is 3.12. The minimum Gasteiger partial charge on any atom is -0.497 e. The third-order valence-electron chi connectivity index (χ3n) is 4.30. The maximum atomic E-state index is 13.2. The molecule has 0 aliphatic rings. The SMILES string of the molecule is COc1cccc(C(=O)c2cc(C#N)cc3ccc4cccn4c23)c1. The lowest BCUT2D eigenvalue weighted by Gasteiger charge is -2.11. The number of ketones is 1. The van der Waals surface area contributed by atoms with Gasteiger partial charge < -0.3 is 9.14 Å². The number of nitriles is 1. The zero-order valence-electron chi connectivity index (χ0n) is 13.6. The highest BCUT2D eigenvalue weighted by Gasteiger charge is 2.17. The highest BCUT2D eigenvalue weighted by Crippen LogP contribution is 2.26. The summed E-state index contributed by atoms with van der Waals surface area (Å²) >= 11 is 0. The lowest BCUT2D eigenvalue weighted by Crippen LogP contribution is -2.05. The molecule has 4 aromatic rings. The average molecular weight is 326 g/mol. The van der Waals surface area contributed by atoms with Gasteiger partial charge in [-0.15, -0.1) is 0 Å². The van der Waals surface area contributed by atoms with E-state index in [1.165, 1.54) is 0 Å². The van der Waals surface area contributed by atoms with Gasteiger partial charge >= 0.3 is 0 Å². The Hall–Kier alpha value is -3.58. The molecule has 0 unspecified atom stereocenters. The van der Waals surface area contributed by atoms with E-state index in [0.29, 0.717) is 22.4 Å². The fraction of sp³-hybridized carbons (Fsp3) is 0.0476. The van der Waals surface area contributed by atoms with Crippen LogP contribution in [0.3, 0.4) is 0 Å². The van der Waals surface area contributed by atoms with Crippen molar-refractivity contribution < 1.29 is 9.53 Å². The molecule has 0 spiro atoms. The predicted molar refractivity (Wildman–Crippen MR) is 96.0 cm³/mol. The molecule has 120 valence electrons. The van der Waals surface area contributed by atoms with Gasteiger partial charge in [0.25, 0.3) is 0 Å². The predicted octanol–water partition coefficient (Wildman–Crippen LogP) is 4.20. The van der Waals surface area contributed by atoms with Crippen LogP contribution in [0.25, 0.3) is 16.4 Å². The van der Waals surface area contributed by atoms with Crippen molar-refractivity contribution in [1.29, 1.82) is 5.26 Å². The summed E-state index contributed by atoms with van der Waals surface area (Å²) in [6, 6.07) is 20.5. The number of fused-ring (bicyclic) bond motifs is 3. The van der Waals surface area contributed by atoms with E-state index in [1.54, 1.807) is 43.5 Å². The quantitative estimate of drug-likeness (QED) is 0.530. The van der Waals surface area contributed by atoms with Gasteiger partial charge in [0.2, 0.25) is 0 Å². The molecule has 2 aromatic heterocycles. The summed E-state index contributed by atoms with van der Waals surface area (Å²) in [5, 5.41) is 10.2. The van der Waals surface area contributed by atoms with Crippen molar-refractivity contribution in [3.8, 4) is 11.8 Å².